The summed E-state index contributed by atoms with van der Waals surface area (Å²) in [6.45, 7) is 1.27. The van der Waals surface area contributed by atoms with Crippen LogP contribution in [0.2, 0.25) is 0 Å². The van der Waals surface area contributed by atoms with E-state index in [2.05, 4.69) is 33.0 Å². The van der Waals surface area contributed by atoms with E-state index in [1.807, 2.05) is 42.5 Å². The fourth-order valence-corrected chi connectivity index (χ4v) is 3.88. The Balaban J connectivity index is 1.26. The van der Waals surface area contributed by atoms with Gasteiger partial charge in [0.05, 0.1) is 17.4 Å². The molecule has 140 valence electrons. The summed E-state index contributed by atoms with van der Waals surface area (Å²) in [5, 5.41) is 8.89. The monoisotopic (exact) mass is 364 g/mol. The first-order valence-corrected chi connectivity index (χ1v) is 9.45. The van der Waals surface area contributed by atoms with E-state index in [1.54, 1.807) is 0 Å². The largest absolute Gasteiger partial charge is 0.356 e. The number of anilines is 2. The Morgan fingerprint density at radius 3 is 2.74 bits per heavy atom. The van der Waals surface area contributed by atoms with Crippen molar-refractivity contribution in [1.82, 2.24) is 10.6 Å². The number of fused-ring (bicyclic) bond motifs is 3. The minimum Gasteiger partial charge on any atom is -0.356 e. The second-order valence-electron chi connectivity index (χ2n) is 7.10. The number of aryl methyl sites for hydroxylation is 1. The lowest BCUT2D eigenvalue weighted by molar-refractivity contribution is -0.117. The molecule has 0 bridgehead atoms. The van der Waals surface area contributed by atoms with Gasteiger partial charge in [-0.15, -0.1) is 0 Å². The molecule has 2 aliphatic rings. The fourth-order valence-electron chi connectivity index (χ4n) is 3.88. The van der Waals surface area contributed by atoms with Crippen LogP contribution in [0.1, 0.15) is 18.4 Å². The number of carbonyl (C=O) groups excluding carboxylic acids is 2. The number of hydrogen-bond acceptors (Lipinski definition) is 3. The lowest BCUT2D eigenvalue weighted by atomic mass is 10.1. The topological polar surface area (TPSA) is 73.5 Å². The average molecular weight is 364 g/mol. The molecule has 0 aromatic heterocycles. The van der Waals surface area contributed by atoms with Gasteiger partial charge >= 0.3 is 6.03 Å². The van der Waals surface area contributed by atoms with Gasteiger partial charge in [0.1, 0.15) is 6.04 Å². The van der Waals surface area contributed by atoms with Crippen LogP contribution in [0, 0.1) is 0 Å². The van der Waals surface area contributed by atoms with Gasteiger partial charge < -0.3 is 20.9 Å². The van der Waals surface area contributed by atoms with Gasteiger partial charge in [-0.2, -0.15) is 0 Å². The smallest absolute Gasteiger partial charge is 0.315 e. The molecule has 6 nitrogen and oxygen atoms in total. The first-order valence-electron chi connectivity index (χ1n) is 9.45. The van der Waals surface area contributed by atoms with E-state index in [0.717, 1.165) is 24.2 Å². The number of benzene rings is 2. The summed E-state index contributed by atoms with van der Waals surface area (Å²) >= 11 is 0. The molecule has 1 saturated heterocycles. The van der Waals surface area contributed by atoms with Crippen molar-refractivity contribution in [2.45, 2.75) is 31.3 Å². The summed E-state index contributed by atoms with van der Waals surface area (Å²) < 4.78 is 0. The van der Waals surface area contributed by atoms with E-state index < -0.39 is 0 Å². The van der Waals surface area contributed by atoms with Crippen LogP contribution in [0.25, 0.3) is 0 Å². The Labute approximate surface area is 158 Å². The van der Waals surface area contributed by atoms with Crippen molar-refractivity contribution in [1.29, 1.82) is 0 Å². The molecule has 2 atom stereocenters. The molecule has 2 heterocycles. The molecule has 4 rings (SSSR count). The maximum absolute atomic E-state index is 12.3. The minimum atomic E-state index is -0.219. The number of hydrogen-bond donors (Lipinski definition) is 3. The van der Waals surface area contributed by atoms with Crippen LogP contribution in [0.5, 0.6) is 0 Å². The number of para-hydroxylation sites is 2. The van der Waals surface area contributed by atoms with Gasteiger partial charge in [0, 0.05) is 13.1 Å². The van der Waals surface area contributed by atoms with Crippen LogP contribution in [0.15, 0.2) is 54.6 Å². The van der Waals surface area contributed by atoms with Crippen LogP contribution in [0.4, 0.5) is 16.2 Å². The van der Waals surface area contributed by atoms with Crippen molar-refractivity contribution in [3.8, 4) is 0 Å². The fraction of sp³-hybridized carbons (Fsp3) is 0.333. The molecule has 2 aromatic carbocycles. The average Bonchev–Trinajstić information content (AvgIpc) is 3.11. The number of rotatable bonds is 5. The molecule has 0 radical (unpaired) electrons. The van der Waals surface area contributed by atoms with Crippen LogP contribution >= 0.6 is 0 Å². The van der Waals surface area contributed by atoms with E-state index in [1.165, 1.54) is 5.56 Å². The molecule has 27 heavy (non-hydrogen) atoms. The Bertz CT molecular complexity index is 824. The highest BCUT2D eigenvalue weighted by atomic mass is 16.2. The van der Waals surface area contributed by atoms with Gasteiger partial charge in [0.15, 0.2) is 0 Å². The Hall–Kier alpha value is -3.02. The van der Waals surface area contributed by atoms with Gasteiger partial charge in [-0.05, 0) is 37.0 Å². The van der Waals surface area contributed by atoms with Gasteiger partial charge in [0.2, 0.25) is 5.91 Å². The second-order valence-corrected chi connectivity index (χ2v) is 7.10. The van der Waals surface area contributed by atoms with Crippen molar-refractivity contribution in [2.75, 3.05) is 23.3 Å². The summed E-state index contributed by atoms with van der Waals surface area (Å²) in [5.41, 5.74) is 3.14. The SMILES string of the molecule is O=C(NCCCc1ccccc1)NC1CC2C(=O)Nc3ccccc3N2C1. The quantitative estimate of drug-likeness (QED) is 0.714. The summed E-state index contributed by atoms with van der Waals surface area (Å²) in [6.07, 6.45) is 2.46. The standard InChI is InChI=1S/C21H24N4O2/c26-20-19-13-16(14-25(19)18-11-5-4-10-17(18)24-20)23-21(27)22-12-6-9-15-7-2-1-3-8-15/h1-5,7-8,10-11,16,19H,6,9,12-14H2,(H,24,26)(H2,22,23,27). The van der Waals surface area contributed by atoms with Crippen molar-refractivity contribution in [3.63, 3.8) is 0 Å². The zero-order chi connectivity index (χ0) is 18.6. The van der Waals surface area contributed by atoms with Gasteiger partial charge in [-0.1, -0.05) is 42.5 Å². The Morgan fingerprint density at radius 2 is 1.89 bits per heavy atom. The maximum atomic E-state index is 12.3. The Morgan fingerprint density at radius 1 is 1.11 bits per heavy atom. The Kier molecular flexibility index (Phi) is 4.96. The van der Waals surface area contributed by atoms with E-state index in [-0.39, 0.29) is 24.0 Å². The highest BCUT2D eigenvalue weighted by Crippen LogP contribution is 2.36. The van der Waals surface area contributed by atoms with Crippen molar-refractivity contribution >= 4 is 23.3 Å². The molecule has 0 saturated carbocycles. The van der Waals surface area contributed by atoms with Crippen molar-refractivity contribution < 1.29 is 9.59 Å². The predicted molar refractivity (Wildman–Crippen MR) is 106 cm³/mol. The zero-order valence-electron chi connectivity index (χ0n) is 15.2. The second kappa shape index (κ2) is 7.70. The molecular formula is C21H24N4O2. The van der Waals surface area contributed by atoms with E-state index >= 15 is 0 Å². The molecule has 2 aromatic rings. The van der Waals surface area contributed by atoms with Gasteiger partial charge in [-0.3, -0.25) is 4.79 Å². The summed E-state index contributed by atoms with van der Waals surface area (Å²) in [7, 11) is 0. The van der Waals surface area contributed by atoms with Gasteiger partial charge in [0.25, 0.3) is 0 Å². The first kappa shape index (κ1) is 17.4. The van der Waals surface area contributed by atoms with E-state index in [9.17, 15) is 9.59 Å². The summed E-state index contributed by atoms with van der Waals surface area (Å²) in [4.78, 5) is 26.6. The van der Waals surface area contributed by atoms with Crippen molar-refractivity contribution in [2.24, 2.45) is 0 Å². The highest BCUT2D eigenvalue weighted by molar-refractivity contribution is 6.04. The summed E-state index contributed by atoms with van der Waals surface area (Å²) in [6, 6.07) is 17.6. The molecule has 6 heteroatoms. The molecule has 2 unspecified atom stereocenters. The molecule has 3 amide bonds. The lowest BCUT2D eigenvalue weighted by Gasteiger charge is -2.32. The predicted octanol–water partition coefficient (Wildman–Crippen LogP) is 2.52. The molecule has 3 N–H and O–H groups in total. The lowest BCUT2D eigenvalue weighted by Crippen LogP contribution is -2.44. The molecule has 2 aliphatic heterocycles. The van der Waals surface area contributed by atoms with E-state index in [4.69, 9.17) is 0 Å². The number of nitrogens with zero attached hydrogens (tertiary/aromatic N) is 1. The molecule has 0 aliphatic carbocycles. The number of nitrogens with one attached hydrogen (secondary N) is 3. The zero-order valence-corrected chi connectivity index (χ0v) is 15.2. The van der Waals surface area contributed by atoms with Crippen LogP contribution in [-0.2, 0) is 11.2 Å². The normalized spacial score (nSPS) is 20.4. The van der Waals surface area contributed by atoms with Crippen LogP contribution < -0.4 is 20.9 Å². The molecule has 1 fully saturated rings. The third-order valence-corrected chi connectivity index (χ3v) is 5.18. The minimum absolute atomic E-state index is 0.00118. The third-order valence-electron chi connectivity index (χ3n) is 5.18. The highest BCUT2D eigenvalue weighted by Gasteiger charge is 2.41. The van der Waals surface area contributed by atoms with Gasteiger partial charge in [-0.25, -0.2) is 4.79 Å². The number of amides is 3. The third kappa shape index (κ3) is 3.89. The number of urea groups is 1. The first-order chi connectivity index (χ1) is 13.2. The summed E-state index contributed by atoms with van der Waals surface area (Å²) in [5.74, 6) is 0.00118. The van der Waals surface area contributed by atoms with E-state index in [0.29, 0.717) is 19.5 Å². The van der Waals surface area contributed by atoms with Crippen LogP contribution in [-0.4, -0.2) is 37.1 Å². The van der Waals surface area contributed by atoms with Crippen LogP contribution in [0.3, 0.4) is 0 Å². The molecule has 0 spiro atoms. The number of carbonyl (C=O) groups is 2. The maximum Gasteiger partial charge on any atom is 0.315 e. The van der Waals surface area contributed by atoms with Crippen molar-refractivity contribution in [3.05, 3.63) is 60.2 Å². The molecular weight excluding hydrogens is 340 g/mol.